The molecule has 0 bridgehead atoms. The molecule has 76 valence electrons. The van der Waals surface area contributed by atoms with Crippen LogP contribution in [0.1, 0.15) is 39.0 Å². The van der Waals surface area contributed by atoms with Gasteiger partial charge in [-0.3, -0.25) is 4.79 Å². The van der Waals surface area contributed by atoms with Crippen molar-refractivity contribution >= 4 is 5.91 Å². The van der Waals surface area contributed by atoms with Gasteiger partial charge in [0.15, 0.2) is 5.83 Å². The van der Waals surface area contributed by atoms with E-state index in [1.165, 1.54) is 26.0 Å². The molecule has 0 atom stereocenters. The van der Waals surface area contributed by atoms with Crippen molar-refractivity contribution in [2.45, 2.75) is 39.0 Å². The van der Waals surface area contributed by atoms with Gasteiger partial charge in [0, 0.05) is 7.05 Å². The Kier molecular flexibility index (Phi) is 7.26. The molecule has 0 aromatic heterocycles. The van der Waals surface area contributed by atoms with E-state index in [9.17, 15) is 9.18 Å². The molecule has 0 saturated carbocycles. The van der Waals surface area contributed by atoms with E-state index >= 15 is 0 Å². The van der Waals surface area contributed by atoms with E-state index in [2.05, 4.69) is 12.2 Å². The normalized spacial score (nSPS) is 11.5. The number of carbonyl (C=O) groups is 1. The van der Waals surface area contributed by atoms with Crippen LogP contribution in [0.3, 0.4) is 0 Å². The van der Waals surface area contributed by atoms with Crippen LogP contribution in [0, 0.1) is 0 Å². The maximum Gasteiger partial charge on any atom is 0.279 e. The number of unbranched alkanes of at least 4 members (excludes halogenated alkanes) is 4. The van der Waals surface area contributed by atoms with Gasteiger partial charge < -0.3 is 5.32 Å². The highest BCUT2D eigenvalue weighted by Crippen LogP contribution is 2.06. The Bertz CT molecular complexity index is 178. The highest BCUT2D eigenvalue weighted by molar-refractivity contribution is 5.90. The number of allylic oxidation sites excluding steroid dienone is 1. The standard InChI is InChI=1S/C10H18FNO/c1-3-4-5-6-7-8-9(11)10(13)12-2/h8H,3-7H2,1-2H3,(H,12,13)/b9-8+. The summed E-state index contributed by atoms with van der Waals surface area (Å²) in [5.74, 6) is -1.30. The van der Waals surface area contributed by atoms with E-state index in [-0.39, 0.29) is 0 Å². The van der Waals surface area contributed by atoms with Gasteiger partial charge in [-0.05, 0) is 18.9 Å². The third-order valence-electron chi connectivity index (χ3n) is 1.83. The quantitative estimate of drug-likeness (QED) is 0.502. The second-order valence-electron chi connectivity index (χ2n) is 2.98. The molecule has 0 fully saturated rings. The second kappa shape index (κ2) is 7.77. The first-order valence-corrected chi connectivity index (χ1v) is 4.80. The second-order valence-corrected chi connectivity index (χ2v) is 2.98. The lowest BCUT2D eigenvalue weighted by atomic mass is 10.1. The lowest BCUT2D eigenvalue weighted by Gasteiger charge is -1.96. The summed E-state index contributed by atoms with van der Waals surface area (Å²) in [5.41, 5.74) is 0. The number of nitrogens with one attached hydrogen (secondary N) is 1. The van der Waals surface area contributed by atoms with Crippen LogP contribution in [0.4, 0.5) is 4.39 Å². The molecular weight excluding hydrogens is 169 g/mol. The molecule has 3 heteroatoms. The maximum atomic E-state index is 12.8. The van der Waals surface area contributed by atoms with Gasteiger partial charge in [-0.15, -0.1) is 0 Å². The maximum absolute atomic E-state index is 12.8. The van der Waals surface area contributed by atoms with Crippen molar-refractivity contribution in [3.8, 4) is 0 Å². The van der Waals surface area contributed by atoms with Gasteiger partial charge in [-0.1, -0.05) is 26.2 Å². The van der Waals surface area contributed by atoms with E-state index in [0.717, 1.165) is 12.8 Å². The molecule has 2 nitrogen and oxygen atoms in total. The molecule has 0 heterocycles. The minimum atomic E-state index is -0.668. The Balaban J connectivity index is 3.53. The number of rotatable bonds is 6. The van der Waals surface area contributed by atoms with Gasteiger partial charge in [0.2, 0.25) is 0 Å². The van der Waals surface area contributed by atoms with E-state index < -0.39 is 11.7 Å². The van der Waals surface area contributed by atoms with E-state index in [1.54, 1.807) is 0 Å². The Hall–Kier alpha value is -0.860. The van der Waals surface area contributed by atoms with Crippen molar-refractivity contribution in [2.75, 3.05) is 7.05 Å². The summed E-state index contributed by atoms with van der Waals surface area (Å²) in [4.78, 5) is 10.7. The summed E-state index contributed by atoms with van der Waals surface area (Å²) < 4.78 is 12.8. The SMILES string of the molecule is CCCCCC/C=C(/F)C(=O)NC. The van der Waals surface area contributed by atoms with Crippen molar-refractivity contribution in [3.05, 3.63) is 11.9 Å². The van der Waals surface area contributed by atoms with Crippen LogP contribution in [0.15, 0.2) is 11.9 Å². The summed E-state index contributed by atoms with van der Waals surface area (Å²) in [6, 6.07) is 0. The van der Waals surface area contributed by atoms with Gasteiger partial charge >= 0.3 is 0 Å². The molecule has 1 amide bonds. The number of carbonyl (C=O) groups excluding carboxylic acids is 1. The number of likely N-dealkylation sites (N-methyl/N-ethyl adjacent to an activating group) is 1. The predicted octanol–water partition coefficient (Wildman–Crippen LogP) is 2.56. The Morgan fingerprint density at radius 3 is 2.62 bits per heavy atom. The molecule has 0 aliphatic carbocycles. The predicted molar refractivity (Wildman–Crippen MR) is 52.0 cm³/mol. The van der Waals surface area contributed by atoms with Crippen LogP contribution in [-0.4, -0.2) is 13.0 Å². The average molecular weight is 187 g/mol. The molecule has 0 rings (SSSR count). The van der Waals surface area contributed by atoms with Crippen LogP contribution in [-0.2, 0) is 4.79 Å². The fourth-order valence-corrected chi connectivity index (χ4v) is 1.01. The first-order valence-electron chi connectivity index (χ1n) is 4.80. The zero-order valence-corrected chi connectivity index (χ0v) is 8.40. The number of hydrogen-bond donors (Lipinski definition) is 1. The van der Waals surface area contributed by atoms with Crippen LogP contribution >= 0.6 is 0 Å². The number of hydrogen-bond acceptors (Lipinski definition) is 1. The van der Waals surface area contributed by atoms with E-state index in [1.807, 2.05) is 0 Å². The van der Waals surface area contributed by atoms with Crippen LogP contribution in [0.5, 0.6) is 0 Å². The number of halogens is 1. The lowest BCUT2D eigenvalue weighted by Crippen LogP contribution is -2.17. The molecule has 0 aliphatic heterocycles. The Morgan fingerprint density at radius 2 is 2.08 bits per heavy atom. The van der Waals surface area contributed by atoms with Crippen molar-refractivity contribution in [3.63, 3.8) is 0 Å². The summed E-state index contributed by atoms with van der Waals surface area (Å²) in [6.07, 6.45) is 6.41. The highest BCUT2D eigenvalue weighted by atomic mass is 19.1. The van der Waals surface area contributed by atoms with Gasteiger partial charge in [0.25, 0.3) is 5.91 Å². The monoisotopic (exact) mass is 187 g/mol. The Labute approximate surface area is 79.2 Å². The third-order valence-corrected chi connectivity index (χ3v) is 1.83. The molecular formula is C10H18FNO. The molecule has 0 aromatic rings. The molecule has 0 spiro atoms. The first kappa shape index (κ1) is 12.1. The molecule has 0 radical (unpaired) electrons. The van der Waals surface area contributed by atoms with E-state index in [4.69, 9.17) is 0 Å². The summed E-state index contributed by atoms with van der Waals surface area (Å²) in [6.45, 7) is 2.13. The summed E-state index contributed by atoms with van der Waals surface area (Å²) >= 11 is 0. The number of amides is 1. The van der Waals surface area contributed by atoms with Crippen LogP contribution < -0.4 is 5.32 Å². The van der Waals surface area contributed by atoms with Gasteiger partial charge in [0.1, 0.15) is 0 Å². The molecule has 0 aliphatic rings. The molecule has 0 saturated heterocycles. The smallest absolute Gasteiger partial charge is 0.279 e. The highest BCUT2D eigenvalue weighted by Gasteiger charge is 2.03. The molecule has 13 heavy (non-hydrogen) atoms. The topological polar surface area (TPSA) is 29.1 Å². The summed E-state index contributed by atoms with van der Waals surface area (Å²) in [5, 5.41) is 2.23. The van der Waals surface area contributed by atoms with Crippen molar-refractivity contribution in [2.24, 2.45) is 0 Å². The van der Waals surface area contributed by atoms with E-state index in [0.29, 0.717) is 6.42 Å². The van der Waals surface area contributed by atoms with Crippen LogP contribution in [0.25, 0.3) is 0 Å². The molecule has 0 unspecified atom stereocenters. The molecule has 1 N–H and O–H groups in total. The minimum absolute atomic E-state index is 0.629. The van der Waals surface area contributed by atoms with Crippen molar-refractivity contribution in [1.29, 1.82) is 0 Å². The van der Waals surface area contributed by atoms with Crippen molar-refractivity contribution < 1.29 is 9.18 Å². The first-order chi connectivity index (χ1) is 6.22. The van der Waals surface area contributed by atoms with Gasteiger partial charge in [0.05, 0.1) is 0 Å². The van der Waals surface area contributed by atoms with Crippen LogP contribution in [0.2, 0.25) is 0 Å². The zero-order chi connectivity index (χ0) is 10.1. The van der Waals surface area contributed by atoms with Gasteiger partial charge in [-0.25, -0.2) is 4.39 Å². The fourth-order valence-electron chi connectivity index (χ4n) is 1.01. The van der Waals surface area contributed by atoms with Crippen molar-refractivity contribution in [1.82, 2.24) is 5.32 Å². The summed E-state index contributed by atoms with van der Waals surface area (Å²) in [7, 11) is 1.42. The largest absolute Gasteiger partial charge is 0.353 e. The van der Waals surface area contributed by atoms with Gasteiger partial charge in [-0.2, -0.15) is 0 Å². The zero-order valence-electron chi connectivity index (χ0n) is 8.40. The third kappa shape index (κ3) is 6.31. The molecule has 0 aromatic carbocycles. The minimum Gasteiger partial charge on any atom is -0.353 e. The fraction of sp³-hybridized carbons (Fsp3) is 0.700. The average Bonchev–Trinajstić information content (AvgIpc) is 2.16. The lowest BCUT2D eigenvalue weighted by molar-refractivity contribution is -0.118. The Morgan fingerprint density at radius 1 is 1.38 bits per heavy atom.